The van der Waals surface area contributed by atoms with Crippen molar-refractivity contribution in [2.45, 2.75) is 38.6 Å². The molecule has 1 aliphatic carbocycles. The van der Waals surface area contributed by atoms with Crippen LogP contribution in [0.15, 0.2) is 12.4 Å². The van der Waals surface area contributed by atoms with E-state index in [0.29, 0.717) is 17.8 Å². The molecule has 100 valence electrons. The van der Waals surface area contributed by atoms with Gasteiger partial charge in [0.2, 0.25) is 5.88 Å². The average molecular weight is 249 g/mol. The van der Waals surface area contributed by atoms with Crippen LogP contribution in [0.2, 0.25) is 0 Å². The molecule has 1 heterocycles. The lowest BCUT2D eigenvalue weighted by Gasteiger charge is -2.32. The van der Waals surface area contributed by atoms with E-state index in [2.05, 4.69) is 22.2 Å². The van der Waals surface area contributed by atoms with Crippen molar-refractivity contribution in [3.05, 3.63) is 18.1 Å². The van der Waals surface area contributed by atoms with E-state index in [-0.39, 0.29) is 0 Å². The van der Waals surface area contributed by atoms with E-state index in [1.807, 2.05) is 13.1 Å². The lowest BCUT2D eigenvalue weighted by Crippen LogP contribution is -2.29. The largest absolute Gasteiger partial charge is 0.481 e. The Labute approximate surface area is 109 Å². The van der Waals surface area contributed by atoms with Gasteiger partial charge in [-0.15, -0.1) is 0 Å². The zero-order valence-corrected chi connectivity index (χ0v) is 11.5. The van der Waals surface area contributed by atoms with E-state index < -0.39 is 0 Å². The molecule has 1 aromatic heterocycles. The Balaban J connectivity index is 2.16. The number of hydrogen-bond donors (Lipinski definition) is 1. The summed E-state index contributed by atoms with van der Waals surface area (Å²) >= 11 is 0. The molecule has 1 fully saturated rings. The summed E-state index contributed by atoms with van der Waals surface area (Å²) in [5.41, 5.74) is 1.04. The Morgan fingerprint density at radius 3 is 2.89 bits per heavy atom. The van der Waals surface area contributed by atoms with Gasteiger partial charge in [-0.05, 0) is 31.7 Å². The highest BCUT2D eigenvalue weighted by Gasteiger charge is 2.27. The van der Waals surface area contributed by atoms with Gasteiger partial charge < -0.3 is 10.1 Å². The number of hydrogen-bond acceptors (Lipinski definition) is 4. The van der Waals surface area contributed by atoms with Gasteiger partial charge in [0.25, 0.3) is 0 Å². The van der Waals surface area contributed by atoms with Crippen molar-refractivity contribution in [1.82, 2.24) is 15.3 Å². The number of nitrogens with one attached hydrogen (secondary N) is 1. The molecule has 18 heavy (non-hydrogen) atoms. The predicted molar refractivity (Wildman–Crippen MR) is 71.5 cm³/mol. The second kappa shape index (κ2) is 6.14. The highest BCUT2D eigenvalue weighted by molar-refractivity contribution is 5.17. The molecule has 0 radical (unpaired) electrons. The lowest BCUT2D eigenvalue weighted by molar-refractivity contribution is 0.227. The third kappa shape index (κ3) is 2.99. The summed E-state index contributed by atoms with van der Waals surface area (Å²) in [5, 5.41) is 3.41. The fourth-order valence-corrected chi connectivity index (χ4v) is 3.04. The maximum absolute atomic E-state index is 5.18. The van der Waals surface area contributed by atoms with E-state index >= 15 is 0 Å². The van der Waals surface area contributed by atoms with Crippen LogP contribution in [0.1, 0.15) is 44.3 Å². The van der Waals surface area contributed by atoms with Crippen molar-refractivity contribution in [2.24, 2.45) is 11.8 Å². The molecule has 0 aliphatic heterocycles. The molecule has 2 rings (SSSR count). The molecule has 3 atom stereocenters. The van der Waals surface area contributed by atoms with Gasteiger partial charge in [-0.3, -0.25) is 0 Å². The molecular formula is C14H23N3O. The Morgan fingerprint density at radius 2 is 2.22 bits per heavy atom. The third-order valence-corrected chi connectivity index (χ3v) is 3.95. The topological polar surface area (TPSA) is 47.0 Å². The van der Waals surface area contributed by atoms with E-state index in [4.69, 9.17) is 4.74 Å². The van der Waals surface area contributed by atoms with Gasteiger partial charge in [0.15, 0.2) is 0 Å². The minimum absolute atomic E-state index is 0.310. The van der Waals surface area contributed by atoms with Crippen LogP contribution in [0.5, 0.6) is 5.88 Å². The SMILES string of the molecule is CNC(c1cc(OC)ncn1)C1CCCC(C)C1. The normalized spacial score (nSPS) is 25.7. The van der Waals surface area contributed by atoms with Crippen molar-refractivity contribution in [3.63, 3.8) is 0 Å². The molecule has 0 spiro atoms. The second-order valence-electron chi connectivity index (χ2n) is 5.28. The summed E-state index contributed by atoms with van der Waals surface area (Å²) in [7, 11) is 3.65. The third-order valence-electron chi connectivity index (χ3n) is 3.95. The Kier molecular flexibility index (Phi) is 4.53. The van der Waals surface area contributed by atoms with Crippen molar-refractivity contribution < 1.29 is 4.74 Å². The molecule has 0 aromatic carbocycles. The number of rotatable bonds is 4. The first kappa shape index (κ1) is 13.3. The summed E-state index contributed by atoms with van der Waals surface area (Å²) < 4.78 is 5.18. The molecule has 3 unspecified atom stereocenters. The van der Waals surface area contributed by atoms with Gasteiger partial charge in [0, 0.05) is 6.07 Å². The van der Waals surface area contributed by atoms with Crippen molar-refractivity contribution >= 4 is 0 Å². The Bertz CT molecular complexity index is 383. The minimum Gasteiger partial charge on any atom is -0.481 e. The van der Waals surface area contributed by atoms with E-state index in [1.165, 1.54) is 25.7 Å². The second-order valence-corrected chi connectivity index (χ2v) is 5.28. The summed E-state index contributed by atoms with van der Waals surface area (Å²) in [6, 6.07) is 2.25. The zero-order valence-electron chi connectivity index (χ0n) is 11.5. The molecule has 4 nitrogen and oxygen atoms in total. The molecular weight excluding hydrogens is 226 g/mol. The first-order chi connectivity index (χ1) is 8.74. The highest BCUT2D eigenvalue weighted by atomic mass is 16.5. The molecule has 1 aromatic rings. The van der Waals surface area contributed by atoms with Gasteiger partial charge in [-0.25, -0.2) is 9.97 Å². The number of methoxy groups -OCH3 is 1. The van der Waals surface area contributed by atoms with Crippen molar-refractivity contribution in [2.75, 3.05) is 14.2 Å². The standard InChI is InChI=1S/C14H23N3O/c1-10-5-4-6-11(7-10)14(15-2)12-8-13(18-3)17-9-16-12/h8-11,14-15H,4-7H2,1-3H3. The van der Waals surface area contributed by atoms with Crippen LogP contribution in [0.25, 0.3) is 0 Å². The van der Waals surface area contributed by atoms with E-state index in [9.17, 15) is 0 Å². The number of aromatic nitrogens is 2. The molecule has 0 bridgehead atoms. The monoisotopic (exact) mass is 249 g/mol. The van der Waals surface area contributed by atoms with Gasteiger partial charge >= 0.3 is 0 Å². The first-order valence-electron chi connectivity index (χ1n) is 6.77. The van der Waals surface area contributed by atoms with Crippen LogP contribution < -0.4 is 10.1 Å². The summed E-state index contributed by atoms with van der Waals surface area (Å²) in [6.07, 6.45) is 6.83. The van der Waals surface area contributed by atoms with Gasteiger partial charge in [0.1, 0.15) is 6.33 Å². The van der Waals surface area contributed by atoms with Crippen LogP contribution in [0.3, 0.4) is 0 Å². The van der Waals surface area contributed by atoms with Gasteiger partial charge in [0.05, 0.1) is 18.8 Å². The van der Waals surface area contributed by atoms with Crippen LogP contribution >= 0.6 is 0 Å². The highest BCUT2D eigenvalue weighted by Crippen LogP contribution is 2.36. The smallest absolute Gasteiger partial charge is 0.216 e. The molecule has 4 heteroatoms. The van der Waals surface area contributed by atoms with E-state index in [0.717, 1.165) is 11.6 Å². The molecule has 0 amide bonds. The minimum atomic E-state index is 0.310. The number of nitrogens with zero attached hydrogens (tertiary/aromatic N) is 2. The fraction of sp³-hybridized carbons (Fsp3) is 0.714. The summed E-state index contributed by atoms with van der Waals surface area (Å²) in [4.78, 5) is 8.48. The van der Waals surface area contributed by atoms with Crippen LogP contribution in [0.4, 0.5) is 0 Å². The van der Waals surface area contributed by atoms with Crippen LogP contribution in [-0.4, -0.2) is 24.1 Å². The van der Waals surface area contributed by atoms with Crippen LogP contribution in [0, 0.1) is 11.8 Å². The van der Waals surface area contributed by atoms with E-state index in [1.54, 1.807) is 13.4 Å². The number of ether oxygens (including phenoxy) is 1. The van der Waals surface area contributed by atoms with Gasteiger partial charge in [-0.2, -0.15) is 0 Å². The molecule has 0 saturated heterocycles. The summed E-state index contributed by atoms with van der Waals surface area (Å²) in [6.45, 7) is 2.35. The van der Waals surface area contributed by atoms with Crippen molar-refractivity contribution in [1.29, 1.82) is 0 Å². The molecule has 1 saturated carbocycles. The average Bonchev–Trinajstić information content (AvgIpc) is 2.40. The maximum atomic E-state index is 5.18. The Morgan fingerprint density at radius 1 is 1.39 bits per heavy atom. The quantitative estimate of drug-likeness (QED) is 0.891. The fourth-order valence-electron chi connectivity index (χ4n) is 3.04. The van der Waals surface area contributed by atoms with Crippen LogP contribution in [-0.2, 0) is 0 Å². The maximum Gasteiger partial charge on any atom is 0.216 e. The first-order valence-corrected chi connectivity index (χ1v) is 6.77. The lowest BCUT2D eigenvalue weighted by atomic mass is 9.77. The molecule has 1 aliphatic rings. The zero-order chi connectivity index (χ0) is 13.0. The summed E-state index contributed by atoms with van der Waals surface area (Å²) in [5.74, 6) is 2.13. The van der Waals surface area contributed by atoms with Crippen molar-refractivity contribution in [3.8, 4) is 5.88 Å². The van der Waals surface area contributed by atoms with Gasteiger partial charge in [-0.1, -0.05) is 19.8 Å². The Hall–Kier alpha value is -1.16. The molecule has 1 N–H and O–H groups in total. The predicted octanol–water partition coefficient (Wildman–Crippen LogP) is 2.57.